The number of hydrogen-bond donors (Lipinski definition) is 1. The lowest BCUT2D eigenvalue weighted by molar-refractivity contribution is 0.334. The van der Waals surface area contributed by atoms with Crippen LogP contribution in [-0.2, 0) is 0 Å². The predicted octanol–water partition coefficient (Wildman–Crippen LogP) is 4.78. The molecule has 0 radical (unpaired) electrons. The van der Waals surface area contributed by atoms with Crippen LogP contribution in [0.2, 0.25) is 0 Å². The molecule has 2 heteroatoms. The van der Waals surface area contributed by atoms with E-state index in [2.05, 4.69) is 61.0 Å². The number of benzene rings is 2. The number of rotatable bonds is 5. The molecule has 3 rings (SSSR count). The van der Waals surface area contributed by atoms with E-state index in [1.807, 2.05) is 11.8 Å². The Morgan fingerprint density at radius 3 is 2.55 bits per heavy atom. The monoisotopic (exact) mass is 285 g/mol. The van der Waals surface area contributed by atoms with Crippen molar-refractivity contribution in [2.24, 2.45) is 0 Å². The molecule has 1 atom stereocenters. The molecule has 2 aromatic carbocycles. The van der Waals surface area contributed by atoms with Gasteiger partial charge < -0.3 is 5.32 Å². The fraction of sp³-hybridized carbons (Fsp3) is 0.444. The van der Waals surface area contributed by atoms with Crippen LogP contribution in [0.15, 0.2) is 42.5 Å². The summed E-state index contributed by atoms with van der Waals surface area (Å²) in [5.41, 5.74) is 1.39. The molecule has 0 aromatic heterocycles. The van der Waals surface area contributed by atoms with E-state index in [0.29, 0.717) is 10.8 Å². The second kappa shape index (κ2) is 5.79. The average molecular weight is 285 g/mol. The van der Waals surface area contributed by atoms with Crippen molar-refractivity contribution in [1.82, 2.24) is 5.32 Å². The molecular weight excluding hydrogens is 262 g/mol. The van der Waals surface area contributed by atoms with Crippen LogP contribution < -0.4 is 5.32 Å². The maximum Gasteiger partial charge on any atom is 0.0292 e. The van der Waals surface area contributed by atoms with Crippen molar-refractivity contribution in [2.75, 3.05) is 12.8 Å². The first-order chi connectivity index (χ1) is 9.72. The highest BCUT2D eigenvalue weighted by Gasteiger charge is 2.35. The summed E-state index contributed by atoms with van der Waals surface area (Å²) < 4.78 is 0.505. The third kappa shape index (κ3) is 2.72. The molecule has 0 aliphatic heterocycles. The van der Waals surface area contributed by atoms with Crippen LogP contribution in [0.3, 0.4) is 0 Å². The first-order valence-electron chi connectivity index (χ1n) is 7.50. The van der Waals surface area contributed by atoms with Gasteiger partial charge in [-0.25, -0.2) is 0 Å². The van der Waals surface area contributed by atoms with Gasteiger partial charge in [0.1, 0.15) is 0 Å². The van der Waals surface area contributed by atoms with Crippen molar-refractivity contribution in [3.63, 3.8) is 0 Å². The number of nitrogens with one attached hydrogen (secondary N) is 1. The first kappa shape index (κ1) is 14.0. The molecule has 1 aliphatic rings. The van der Waals surface area contributed by atoms with Gasteiger partial charge in [0.25, 0.3) is 0 Å². The normalized spacial score (nSPS) is 18.7. The lowest BCUT2D eigenvalue weighted by Gasteiger charge is -2.41. The summed E-state index contributed by atoms with van der Waals surface area (Å²) in [4.78, 5) is 0. The summed E-state index contributed by atoms with van der Waals surface area (Å²) in [5.74, 6) is 0. The highest BCUT2D eigenvalue weighted by atomic mass is 32.2. The number of thioether (sulfide) groups is 1. The molecular formula is C18H23NS. The molecule has 0 heterocycles. The van der Waals surface area contributed by atoms with Crippen molar-refractivity contribution in [3.8, 4) is 0 Å². The van der Waals surface area contributed by atoms with E-state index >= 15 is 0 Å². The van der Waals surface area contributed by atoms with Crippen LogP contribution in [0.5, 0.6) is 0 Å². The predicted molar refractivity (Wildman–Crippen MR) is 90.5 cm³/mol. The van der Waals surface area contributed by atoms with Crippen molar-refractivity contribution < 1.29 is 0 Å². The molecule has 0 amide bonds. The highest BCUT2D eigenvalue weighted by Crippen LogP contribution is 2.42. The summed E-state index contributed by atoms with van der Waals surface area (Å²) in [7, 11) is 0. The number of fused-ring (bicyclic) bond motifs is 1. The smallest absolute Gasteiger partial charge is 0.0292 e. The lowest BCUT2D eigenvalue weighted by Crippen LogP contribution is -2.43. The third-order valence-electron chi connectivity index (χ3n) is 4.70. The molecule has 106 valence electrons. The van der Waals surface area contributed by atoms with Crippen molar-refractivity contribution in [2.45, 2.75) is 37.0 Å². The molecule has 0 spiro atoms. The van der Waals surface area contributed by atoms with Crippen LogP contribution >= 0.6 is 11.8 Å². The van der Waals surface area contributed by atoms with E-state index < -0.39 is 0 Å². The number of hydrogen-bond acceptors (Lipinski definition) is 2. The minimum absolute atomic E-state index is 0.421. The molecule has 1 fully saturated rings. The topological polar surface area (TPSA) is 12.0 Å². The maximum absolute atomic E-state index is 3.74. The lowest BCUT2D eigenvalue weighted by atomic mass is 9.84. The van der Waals surface area contributed by atoms with Crippen LogP contribution in [0.1, 0.15) is 37.8 Å². The molecule has 1 nitrogen and oxygen atoms in total. The molecule has 1 N–H and O–H groups in total. The van der Waals surface area contributed by atoms with Gasteiger partial charge in [0, 0.05) is 17.3 Å². The quantitative estimate of drug-likeness (QED) is 0.848. The van der Waals surface area contributed by atoms with Crippen LogP contribution in [0.25, 0.3) is 10.8 Å². The molecule has 2 aromatic rings. The molecule has 1 aliphatic carbocycles. The van der Waals surface area contributed by atoms with E-state index in [9.17, 15) is 0 Å². The van der Waals surface area contributed by atoms with E-state index in [1.54, 1.807) is 0 Å². The minimum Gasteiger partial charge on any atom is -0.309 e. The largest absolute Gasteiger partial charge is 0.309 e. The highest BCUT2D eigenvalue weighted by molar-refractivity contribution is 8.00. The van der Waals surface area contributed by atoms with E-state index in [0.717, 1.165) is 6.54 Å². The Morgan fingerprint density at radius 2 is 1.90 bits per heavy atom. The Kier molecular flexibility index (Phi) is 4.04. The zero-order valence-corrected chi connectivity index (χ0v) is 13.2. The molecule has 1 saturated carbocycles. The van der Waals surface area contributed by atoms with Crippen molar-refractivity contribution >= 4 is 22.5 Å². The van der Waals surface area contributed by atoms with Gasteiger partial charge in [-0.3, -0.25) is 0 Å². The van der Waals surface area contributed by atoms with Gasteiger partial charge >= 0.3 is 0 Å². The zero-order chi connectivity index (χ0) is 14.0. The summed E-state index contributed by atoms with van der Waals surface area (Å²) in [6, 6.07) is 15.8. The molecule has 1 unspecified atom stereocenters. The molecule has 0 saturated heterocycles. The first-order valence-corrected chi connectivity index (χ1v) is 8.72. The standard InChI is InChI=1S/C18H23NS/c1-14(19-13-18(20-2)10-5-11-18)16-9-8-15-6-3-4-7-17(15)12-16/h3-4,6-9,12,14,19H,5,10-11,13H2,1-2H3. The fourth-order valence-electron chi connectivity index (χ4n) is 2.96. The van der Waals surface area contributed by atoms with Gasteiger partial charge in [-0.15, -0.1) is 0 Å². The fourth-order valence-corrected chi connectivity index (χ4v) is 3.88. The van der Waals surface area contributed by atoms with Gasteiger partial charge in [0.2, 0.25) is 0 Å². The van der Waals surface area contributed by atoms with Crippen LogP contribution in [0.4, 0.5) is 0 Å². The van der Waals surface area contributed by atoms with Crippen LogP contribution in [0, 0.1) is 0 Å². The SMILES string of the molecule is CSC1(CNC(C)c2ccc3ccccc3c2)CCC1. The Hall–Kier alpha value is -0.990. The Balaban J connectivity index is 1.70. The van der Waals surface area contributed by atoms with E-state index in [4.69, 9.17) is 0 Å². The molecule has 20 heavy (non-hydrogen) atoms. The van der Waals surface area contributed by atoms with Crippen LogP contribution in [-0.4, -0.2) is 17.5 Å². The Morgan fingerprint density at radius 1 is 1.15 bits per heavy atom. The second-order valence-electron chi connectivity index (χ2n) is 5.95. The van der Waals surface area contributed by atoms with Crippen molar-refractivity contribution in [1.29, 1.82) is 0 Å². The minimum atomic E-state index is 0.421. The van der Waals surface area contributed by atoms with E-state index in [-0.39, 0.29) is 0 Å². The van der Waals surface area contributed by atoms with Crippen molar-refractivity contribution in [3.05, 3.63) is 48.0 Å². The average Bonchev–Trinajstić information content (AvgIpc) is 2.46. The zero-order valence-electron chi connectivity index (χ0n) is 12.4. The summed E-state index contributed by atoms with van der Waals surface area (Å²) >= 11 is 2.04. The second-order valence-corrected chi connectivity index (χ2v) is 7.22. The summed E-state index contributed by atoms with van der Waals surface area (Å²) in [5, 5.41) is 6.39. The molecule has 0 bridgehead atoms. The van der Waals surface area contributed by atoms with Gasteiger partial charge in [0.05, 0.1) is 0 Å². The Labute approximate surface area is 126 Å². The van der Waals surface area contributed by atoms with Gasteiger partial charge in [-0.1, -0.05) is 42.8 Å². The van der Waals surface area contributed by atoms with E-state index in [1.165, 1.54) is 35.6 Å². The van der Waals surface area contributed by atoms with Gasteiger partial charge in [-0.2, -0.15) is 11.8 Å². The van der Waals surface area contributed by atoms with Gasteiger partial charge in [0.15, 0.2) is 0 Å². The summed E-state index contributed by atoms with van der Waals surface area (Å²) in [6.07, 6.45) is 6.38. The third-order valence-corrected chi connectivity index (χ3v) is 6.12. The Bertz CT molecular complexity index is 583. The maximum atomic E-state index is 3.74. The van der Waals surface area contributed by atoms with Gasteiger partial charge in [-0.05, 0) is 48.4 Å². The summed E-state index contributed by atoms with van der Waals surface area (Å²) in [6.45, 7) is 3.40.